The minimum Gasteiger partial charge on any atom is -0.494 e. The Morgan fingerprint density at radius 2 is 2.00 bits per heavy atom. The van der Waals surface area contributed by atoms with Crippen LogP contribution in [0.4, 0.5) is 11.4 Å². The largest absolute Gasteiger partial charge is 0.494 e. The first-order valence-electron chi connectivity index (χ1n) is 8.65. The molecule has 3 rings (SSSR count). The Bertz CT molecular complexity index is 1020. The number of nitrogens with one attached hydrogen (secondary N) is 1. The van der Waals surface area contributed by atoms with Crippen molar-refractivity contribution in [3.05, 3.63) is 70.0 Å². The summed E-state index contributed by atoms with van der Waals surface area (Å²) in [6, 6.07) is 14.0. The van der Waals surface area contributed by atoms with Crippen LogP contribution in [0.1, 0.15) is 11.4 Å². The summed E-state index contributed by atoms with van der Waals surface area (Å²) in [7, 11) is 3.25. The molecule has 9 nitrogen and oxygen atoms in total. The second-order valence-electron chi connectivity index (χ2n) is 6.10. The lowest BCUT2D eigenvalue weighted by Crippen LogP contribution is -2.15. The Balaban J connectivity index is 1.61. The minimum absolute atomic E-state index is 0.109. The molecule has 1 N–H and O–H groups in total. The molecule has 0 atom stereocenters. The van der Waals surface area contributed by atoms with Gasteiger partial charge in [0, 0.05) is 19.5 Å². The smallest absolute Gasteiger partial charge is 0.273 e. The highest BCUT2D eigenvalue weighted by atomic mass is 32.2. The van der Waals surface area contributed by atoms with Crippen molar-refractivity contribution >= 4 is 29.0 Å². The number of hydrogen-bond acceptors (Lipinski definition) is 7. The van der Waals surface area contributed by atoms with E-state index in [4.69, 9.17) is 4.74 Å². The maximum Gasteiger partial charge on any atom is 0.273 e. The molecule has 0 saturated carbocycles. The lowest BCUT2D eigenvalue weighted by Gasteiger charge is -2.10. The van der Waals surface area contributed by atoms with Crippen LogP contribution in [0.25, 0.3) is 0 Å². The summed E-state index contributed by atoms with van der Waals surface area (Å²) in [5.41, 5.74) is 1.38. The monoisotopic (exact) mass is 413 g/mol. The predicted molar refractivity (Wildman–Crippen MR) is 109 cm³/mol. The van der Waals surface area contributed by atoms with Gasteiger partial charge in [-0.15, -0.1) is 10.2 Å². The van der Waals surface area contributed by atoms with Gasteiger partial charge in [-0.2, -0.15) is 0 Å². The molecule has 1 amide bonds. The molecule has 1 aromatic heterocycles. The lowest BCUT2D eigenvalue weighted by atomic mass is 10.1. The number of anilines is 1. The van der Waals surface area contributed by atoms with Crippen LogP contribution in [0.2, 0.25) is 0 Å². The highest BCUT2D eigenvalue weighted by molar-refractivity contribution is 7.99. The second kappa shape index (κ2) is 9.20. The van der Waals surface area contributed by atoms with Gasteiger partial charge in [-0.25, -0.2) is 0 Å². The summed E-state index contributed by atoms with van der Waals surface area (Å²) in [6.07, 6.45) is 0.650. The van der Waals surface area contributed by atoms with Crippen molar-refractivity contribution in [3.8, 4) is 5.75 Å². The molecule has 29 heavy (non-hydrogen) atoms. The molecule has 0 saturated heterocycles. The molecule has 0 aliphatic heterocycles. The number of ether oxygens (including phenoxy) is 1. The summed E-state index contributed by atoms with van der Waals surface area (Å²) in [5, 5.41) is 22.5. The Kier molecular flexibility index (Phi) is 6.45. The number of rotatable bonds is 8. The Hall–Kier alpha value is -3.40. The molecule has 1 heterocycles. The number of methoxy groups -OCH3 is 1. The van der Waals surface area contributed by atoms with Crippen LogP contribution in [0.3, 0.4) is 0 Å². The van der Waals surface area contributed by atoms with E-state index in [0.717, 1.165) is 11.4 Å². The number of carbonyl (C=O) groups is 1. The quantitative estimate of drug-likeness (QED) is 0.343. The standard InChI is InChI=1S/C19H19N5O4S/c1-23-17(10-13-6-4-3-5-7-13)21-22-19(23)29-12-18(25)20-15-9-8-14(24(26)27)11-16(15)28-2/h3-9,11H,10,12H2,1-2H3,(H,20,25). The van der Waals surface area contributed by atoms with Crippen molar-refractivity contribution < 1.29 is 14.5 Å². The Morgan fingerprint density at radius 1 is 1.24 bits per heavy atom. The van der Waals surface area contributed by atoms with Crippen LogP contribution < -0.4 is 10.1 Å². The van der Waals surface area contributed by atoms with Gasteiger partial charge in [-0.1, -0.05) is 42.1 Å². The average molecular weight is 413 g/mol. The highest BCUT2D eigenvalue weighted by Crippen LogP contribution is 2.29. The van der Waals surface area contributed by atoms with E-state index in [9.17, 15) is 14.9 Å². The second-order valence-corrected chi connectivity index (χ2v) is 7.04. The van der Waals surface area contributed by atoms with Gasteiger partial charge in [0.15, 0.2) is 5.16 Å². The van der Waals surface area contributed by atoms with Crippen LogP contribution in [0, 0.1) is 10.1 Å². The third-order valence-corrected chi connectivity index (χ3v) is 5.15. The van der Waals surface area contributed by atoms with Gasteiger partial charge in [0.05, 0.1) is 29.5 Å². The third kappa shape index (κ3) is 5.11. The molecule has 150 valence electrons. The SMILES string of the molecule is COc1cc([N+](=O)[O-])ccc1NC(=O)CSc1nnc(Cc2ccccc2)n1C. The highest BCUT2D eigenvalue weighted by Gasteiger charge is 2.15. The van der Waals surface area contributed by atoms with Gasteiger partial charge < -0.3 is 14.6 Å². The maximum atomic E-state index is 12.3. The van der Waals surface area contributed by atoms with Crippen LogP contribution in [0.15, 0.2) is 53.7 Å². The Labute approximate surface area is 171 Å². The number of nitrogens with zero attached hydrogens (tertiary/aromatic N) is 4. The van der Waals surface area contributed by atoms with E-state index >= 15 is 0 Å². The number of amides is 1. The van der Waals surface area contributed by atoms with E-state index in [0.29, 0.717) is 17.3 Å². The number of thioether (sulfide) groups is 1. The zero-order valence-electron chi connectivity index (χ0n) is 15.9. The van der Waals surface area contributed by atoms with Gasteiger partial charge >= 0.3 is 0 Å². The fourth-order valence-corrected chi connectivity index (χ4v) is 3.35. The average Bonchev–Trinajstić information content (AvgIpc) is 3.06. The van der Waals surface area contributed by atoms with Crippen LogP contribution >= 0.6 is 11.8 Å². The third-order valence-electron chi connectivity index (χ3n) is 4.13. The molecule has 0 radical (unpaired) electrons. The van der Waals surface area contributed by atoms with Crippen LogP contribution in [0.5, 0.6) is 5.75 Å². The van der Waals surface area contributed by atoms with E-state index in [-0.39, 0.29) is 23.1 Å². The fourth-order valence-electron chi connectivity index (χ4n) is 2.62. The summed E-state index contributed by atoms with van der Waals surface area (Å²) in [6.45, 7) is 0. The van der Waals surface area contributed by atoms with Gasteiger partial charge in [0.1, 0.15) is 11.6 Å². The number of carbonyl (C=O) groups excluding carboxylic acids is 1. The van der Waals surface area contributed by atoms with Gasteiger partial charge in [0.25, 0.3) is 5.69 Å². The molecule has 3 aromatic rings. The van der Waals surface area contributed by atoms with Crippen molar-refractivity contribution in [2.45, 2.75) is 11.6 Å². The van der Waals surface area contributed by atoms with Crippen molar-refractivity contribution in [2.24, 2.45) is 7.05 Å². The van der Waals surface area contributed by atoms with Gasteiger partial charge in [-0.05, 0) is 11.6 Å². The van der Waals surface area contributed by atoms with E-state index in [1.54, 1.807) is 0 Å². The van der Waals surface area contributed by atoms with Gasteiger partial charge in [-0.3, -0.25) is 14.9 Å². The van der Waals surface area contributed by atoms with E-state index in [1.807, 2.05) is 41.9 Å². The summed E-state index contributed by atoms with van der Waals surface area (Å²) in [5.74, 6) is 0.851. The molecule has 0 fully saturated rings. The maximum absolute atomic E-state index is 12.3. The first-order chi connectivity index (χ1) is 14.0. The molecular weight excluding hydrogens is 394 g/mol. The molecule has 0 bridgehead atoms. The zero-order valence-corrected chi connectivity index (χ0v) is 16.7. The number of nitro groups is 1. The first-order valence-corrected chi connectivity index (χ1v) is 9.63. The molecule has 0 aliphatic rings. The summed E-state index contributed by atoms with van der Waals surface area (Å²) >= 11 is 1.26. The molecule has 2 aromatic carbocycles. The molecule has 0 unspecified atom stereocenters. The van der Waals surface area contributed by atoms with E-state index < -0.39 is 4.92 Å². The Morgan fingerprint density at radius 3 is 2.69 bits per heavy atom. The van der Waals surface area contributed by atoms with E-state index in [2.05, 4.69) is 15.5 Å². The fraction of sp³-hybridized carbons (Fsp3) is 0.211. The molecule has 0 aliphatic carbocycles. The van der Waals surface area contributed by atoms with Crippen molar-refractivity contribution in [2.75, 3.05) is 18.2 Å². The number of nitro benzene ring substituents is 1. The number of non-ortho nitro benzene ring substituents is 1. The summed E-state index contributed by atoms with van der Waals surface area (Å²) < 4.78 is 6.98. The van der Waals surface area contributed by atoms with Crippen LogP contribution in [-0.4, -0.2) is 38.5 Å². The van der Waals surface area contributed by atoms with Crippen molar-refractivity contribution in [3.63, 3.8) is 0 Å². The minimum atomic E-state index is -0.523. The molecule has 10 heteroatoms. The van der Waals surface area contributed by atoms with E-state index in [1.165, 1.54) is 37.1 Å². The van der Waals surface area contributed by atoms with Crippen LogP contribution in [-0.2, 0) is 18.3 Å². The van der Waals surface area contributed by atoms with Gasteiger partial charge in [0.2, 0.25) is 5.91 Å². The number of benzene rings is 2. The lowest BCUT2D eigenvalue weighted by molar-refractivity contribution is -0.384. The first kappa shape index (κ1) is 20.3. The topological polar surface area (TPSA) is 112 Å². The van der Waals surface area contributed by atoms with Crippen molar-refractivity contribution in [1.29, 1.82) is 0 Å². The number of hydrogen-bond donors (Lipinski definition) is 1. The molecular formula is C19H19N5O4S. The zero-order chi connectivity index (χ0) is 20.8. The normalized spacial score (nSPS) is 10.6. The summed E-state index contributed by atoms with van der Waals surface area (Å²) in [4.78, 5) is 22.6. The van der Waals surface area contributed by atoms with Crippen molar-refractivity contribution in [1.82, 2.24) is 14.8 Å². The number of aromatic nitrogens is 3. The predicted octanol–water partition coefficient (Wildman–Crippen LogP) is 3.05. The molecule has 0 spiro atoms.